The van der Waals surface area contributed by atoms with Crippen LogP contribution in [-0.2, 0) is 9.59 Å². The van der Waals surface area contributed by atoms with Crippen LogP contribution in [0.15, 0.2) is 60.7 Å². The molecular formula is C26H30N2O2. The van der Waals surface area contributed by atoms with E-state index in [9.17, 15) is 9.59 Å². The molecule has 1 aliphatic rings. The van der Waals surface area contributed by atoms with Crippen LogP contribution in [0.25, 0.3) is 12.2 Å². The number of amides is 2. The van der Waals surface area contributed by atoms with Crippen LogP contribution in [0.2, 0.25) is 0 Å². The van der Waals surface area contributed by atoms with Crippen molar-refractivity contribution in [3.05, 3.63) is 82.9 Å². The van der Waals surface area contributed by atoms with Crippen LogP contribution in [0.1, 0.15) is 47.9 Å². The van der Waals surface area contributed by atoms with Crippen molar-refractivity contribution in [3.8, 4) is 0 Å². The average Bonchev–Trinajstić information content (AvgIpc) is 2.74. The lowest BCUT2D eigenvalue weighted by Crippen LogP contribution is -2.43. The third-order valence-electron chi connectivity index (χ3n) is 5.43. The molecule has 1 fully saturated rings. The summed E-state index contributed by atoms with van der Waals surface area (Å²) < 4.78 is 0. The van der Waals surface area contributed by atoms with E-state index >= 15 is 0 Å². The van der Waals surface area contributed by atoms with Crippen molar-refractivity contribution in [2.45, 2.75) is 51.6 Å². The van der Waals surface area contributed by atoms with Gasteiger partial charge in [-0.1, -0.05) is 59.7 Å². The summed E-state index contributed by atoms with van der Waals surface area (Å²) in [6, 6.07) is 16.5. The molecule has 0 spiro atoms. The smallest absolute Gasteiger partial charge is 0.244 e. The van der Waals surface area contributed by atoms with Crippen LogP contribution in [0.3, 0.4) is 0 Å². The molecule has 1 saturated carbocycles. The Kier molecular flexibility index (Phi) is 7.61. The summed E-state index contributed by atoms with van der Waals surface area (Å²) in [6.45, 7) is 4.08. The van der Waals surface area contributed by atoms with E-state index in [1.807, 2.05) is 74.5 Å². The van der Waals surface area contributed by atoms with Gasteiger partial charge in [0.2, 0.25) is 11.8 Å². The summed E-state index contributed by atoms with van der Waals surface area (Å²) >= 11 is 0. The molecule has 0 aromatic heterocycles. The fraction of sp³-hybridized carbons (Fsp3) is 0.308. The molecule has 4 heteroatoms. The predicted octanol–water partition coefficient (Wildman–Crippen LogP) is 4.57. The number of carbonyl (C=O) groups excluding carboxylic acids is 2. The Morgan fingerprint density at radius 1 is 0.667 bits per heavy atom. The highest BCUT2D eigenvalue weighted by Crippen LogP contribution is 2.19. The first-order valence-electron chi connectivity index (χ1n) is 10.6. The highest BCUT2D eigenvalue weighted by atomic mass is 16.2. The summed E-state index contributed by atoms with van der Waals surface area (Å²) in [4.78, 5) is 24.3. The summed E-state index contributed by atoms with van der Waals surface area (Å²) in [5.41, 5.74) is 4.43. The third-order valence-corrected chi connectivity index (χ3v) is 5.43. The van der Waals surface area contributed by atoms with Gasteiger partial charge in [0, 0.05) is 24.2 Å². The van der Waals surface area contributed by atoms with E-state index in [4.69, 9.17) is 0 Å². The van der Waals surface area contributed by atoms with Gasteiger partial charge in [0.05, 0.1) is 0 Å². The first-order valence-corrected chi connectivity index (χ1v) is 10.6. The number of aryl methyl sites for hydroxylation is 2. The molecule has 30 heavy (non-hydrogen) atoms. The van der Waals surface area contributed by atoms with E-state index in [2.05, 4.69) is 10.6 Å². The minimum absolute atomic E-state index is 0.0657. The van der Waals surface area contributed by atoms with Gasteiger partial charge in [0.25, 0.3) is 0 Å². The Morgan fingerprint density at radius 2 is 1.00 bits per heavy atom. The number of carbonyl (C=O) groups is 2. The Morgan fingerprint density at radius 3 is 1.33 bits per heavy atom. The van der Waals surface area contributed by atoms with Crippen LogP contribution in [0.5, 0.6) is 0 Å². The van der Waals surface area contributed by atoms with Gasteiger partial charge < -0.3 is 10.6 Å². The maximum Gasteiger partial charge on any atom is 0.244 e. The van der Waals surface area contributed by atoms with Crippen LogP contribution in [0, 0.1) is 13.8 Å². The fourth-order valence-corrected chi connectivity index (χ4v) is 3.58. The van der Waals surface area contributed by atoms with E-state index < -0.39 is 0 Å². The second kappa shape index (κ2) is 10.6. The van der Waals surface area contributed by atoms with Crippen molar-refractivity contribution in [1.29, 1.82) is 0 Å². The maximum atomic E-state index is 12.2. The molecule has 2 N–H and O–H groups in total. The monoisotopic (exact) mass is 402 g/mol. The molecule has 0 unspecified atom stereocenters. The summed E-state index contributed by atoms with van der Waals surface area (Å²) in [5, 5.41) is 6.15. The number of benzene rings is 2. The van der Waals surface area contributed by atoms with Crippen molar-refractivity contribution < 1.29 is 9.59 Å². The zero-order valence-electron chi connectivity index (χ0n) is 17.7. The first-order chi connectivity index (χ1) is 14.5. The normalized spacial score (nSPS) is 19.1. The van der Waals surface area contributed by atoms with Crippen molar-refractivity contribution in [2.24, 2.45) is 0 Å². The molecule has 0 saturated heterocycles. The molecule has 2 aromatic carbocycles. The van der Waals surface area contributed by atoms with Gasteiger partial charge in [-0.3, -0.25) is 9.59 Å². The molecule has 0 heterocycles. The molecule has 1 aliphatic carbocycles. The number of nitrogens with one attached hydrogen (secondary N) is 2. The SMILES string of the molecule is Cc1ccc(/C=C/C(=O)NC2CCC(NC(=O)/C=C/c3ccc(C)cc3)CC2)cc1. The molecule has 0 aliphatic heterocycles. The van der Waals surface area contributed by atoms with E-state index in [0.29, 0.717) is 0 Å². The van der Waals surface area contributed by atoms with Gasteiger partial charge >= 0.3 is 0 Å². The highest BCUT2D eigenvalue weighted by molar-refractivity contribution is 5.92. The Labute approximate surface area is 179 Å². The second-order valence-electron chi connectivity index (χ2n) is 8.05. The quantitative estimate of drug-likeness (QED) is 0.695. The molecule has 156 valence electrons. The minimum atomic E-state index is -0.0657. The Bertz CT molecular complexity index is 826. The van der Waals surface area contributed by atoms with Crippen LogP contribution in [0.4, 0.5) is 0 Å². The van der Waals surface area contributed by atoms with Gasteiger partial charge in [0.15, 0.2) is 0 Å². The summed E-state index contributed by atoms with van der Waals surface area (Å²) in [5.74, 6) is -0.131. The van der Waals surface area contributed by atoms with Crippen molar-refractivity contribution in [2.75, 3.05) is 0 Å². The lowest BCUT2D eigenvalue weighted by Gasteiger charge is -2.29. The fourth-order valence-electron chi connectivity index (χ4n) is 3.58. The second-order valence-corrected chi connectivity index (χ2v) is 8.05. The van der Waals surface area contributed by atoms with Gasteiger partial charge in [-0.05, 0) is 62.8 Å². The third kappa shape index (κ3) is 7.03. The lowest BCUT2D eigenvalue weighted by molar-refractivity contribution is -0.118. The molecule has 3 rings (SSSR count). The molecule has 4 nitrogen and oxygen atoms in total. The summed E-state index contributed by atoms with van der Waals surface area (Å²) in [6.07, 6.45) is 10.3. The number of hydrogen-bond donors (Lipinski definition) is 2. The Balaban J connectivity index is 1.38. The maximum absolute atomic E-state index is 12.2. The minimum Gasteiger partial charge on any atom is -0.350 e. The van der Waals surface area contributed by atoms with Crippen molar-refractivity contribution in [3.63, 3.8) is 0 Å². The molecule has 2 aromatic rings. The molecule has 0 atom stereocenters. The van der Waals surface area contributed by atoms with Crippen molar-refractivity contribution in [1.82, 2.24) is 10.6 Å². The predicted molar refractivity (Wildman–Crippen MR) is 123 cm³/mol. The van der Waals surface area contributed by atoms with Gasteiger partial charge in [-0.2, -0.15) is 0 Å². The lowest BCUT2D eigenvalue weighted by atomic mass is 9.91. The Hall–Kier alpha value is -3.14. The van der Waals surface area contributed by atoms with Gasteiger partial charge in [-0.25, -0.2) is 0 Å². The van der Waals surface area contributed by atoms with Gasteiger partial charge in [0.1, 0.15) is 0 Å². The highest BCUT2D eigenvalue weighted by Gasteiger charge is 2.22. The van der Waals surface area contributed by atoms with Crippen LogP contribution >= 0.6 is 0 Å². The zero-order valence-corrected chi connectivity index (χ0v) is 17.7. The molecule has 0 bridgehead atoms. The topological polar surface area (TPSA) is 58.2 Å². The van der Waals surface area contributed by atoms with E-state index in [0.717, 1.165) is 36.8 Å². The summed E-state index contributed by atoms with van der Waals surface area (Å²) in [7, 11) is 0. The zero-order chi connectivity index (χ0) is 21.3. The van der Waals surface area contributed by atoms with E-state index in [1.165, 1.54) is 11.1 Å². The van der Waals surface area contributed by atoms with Crippen LogP contribution < -0.4 is 10.6 Å². The molecular weight excluding hydrogens is 372 g/mol. The average molecular weight is 403 g/mol. The largest absolute Gasteiger partial charge is 0.350 e. The van der Waals surface area contributed by atoms with Gasteiger partial charge in [-0.15, -0.1) is 0 Å². The van der Waals surface area contributed by atoms with Crippen molar-refractivity contribution >= 4 is 24.0 Å². The van der Waals surface area contributed by atoms with Crippen LogP contribution in [-0.4, -0.2) is 23.9 Å². The number of hydrogen-bond acceptors (Lipinski definition) is 2. The molecule has 2 amide bonds. The number of rotatable bonds is 6. The first kappa shape index (κ1) is 21.6. The van der Waals surface area contributed by atoms with E-state index in [1.54, 1.807) is 12.2 Å². The standard InChI is InChI=1S/C26H30N2O2/c1-19-3-7-21(8-4-19)11-17-25(29)27-23-13-15-24(16-14-23)28-26(30)18-12-22-9-5-20(2)6-10-22/h3-12,17-18,23-24H,13-16H2,1-2H3,(H,27,29)(H,28,30)/b17-11+,18-12+. The van der Waals surface area contributed by atoms with E-state index in [-0.39, 0.29) is 23.9 Å². The molecule has 0 radical (unpaired) electrons.